The zero-order chi connectivity index (χ0) is 22.7. The minimum Gasteiger partial charge on any atom is -0.507 e. The maximum Gasteiger partial charge on any atom is 0.173 e. The SMILES string of the molecule is Cc1cn2cc(-c3ccc(-c4ccc(C5CN(CC6CC6C)C5)nn4)c(O)c3)cc(F)c2n1. The van der Waals surface area contributed by atoms with Gasteiger partial charge in [0.25, 0.3) is 0 Å². The molecule has 0 radical (unpaired) electrons. The minimum absolute atomic E-state index is 0.0882. The van der Waals surface area contributed by atoms with E-state index >= 15 is 0 Å². The molecule has 0 bridgehead atoms. The summed E-state index contributed by atoms with van der Waals surface area (Å²) in [6.45, 7) is 7.46. The summed E-state index contributed by atoms with van der Waals surface area (Å²) in [4.78, 5) is 6.70. The summed E-state index contributed by atoms with van der Waals surface area (Å²) in [5.74, 6) is 1.90. The van der Waals surface area contributed by atoms with Gasteiger partial charge in [-0.1, -0.05) is 13.0 Å². The molecule has 2 unspecified atom stereocenters. The lowest BCUT2D eigenvalue weighted by Gasteiger charge is -2.38. The van der Waals surface area contributed by atoms with Crippen molar-refractivity contribution in [1.29, 1.82) is 0 Å². The van der Waals surface area contributed by atoms with Crippen molar-refractivity contribution in [3.8, 4) is 28.1 Å². The van der Waals surface area contributed by atoms with Gasteiger partial charge in [0, 0.05) is 49.1 Å². The van der Waals surface area contributed by atoms with Gasteiger partial charge in [0.1, 0.15) is 5.75 Å². The van der Waals surface area contributed by atoms with Crippen molar-refractivity contribution in [1.82, 2.24) is 24.5 Å². The van der Waals surface area contributed by atoms with Crippen LogP contribution in [-0.4, -0.2) is 49.2 Å². The minimum atomic E-state index is -0.396. The highest BCUT2D eigenvalue weighted by atomic mass is 19.1. The quantitative estimate of drug-likeness (QED) is 0.486. The number of hydrogen-bond donors (Lipinski definition) is 1. The summed E-state index contributed by atoms with van der Waals surface area (Å²) in [5.41, 5.74) is 4.66. The number of likely N-dealkylation sites (tertiary alicyclic amines) is 1. The first-order chi connectivity index (χ1) is 15.9. The fourth-order valence-electron chi connectivity index (χ4n) is 4.86. The van der Waals surface area contributed by atoms with Crippen LogP contribution in [0.3, 0.4) is 0 Å². The highest BCUT2D eigenvalue weighted by Crippen LogP contribution is 2.40. The van der Waals surface area contributed by atoms with Crippen molar-refractivity contribution in [3.63, 3.8) is 0 Å². The van der Waals surface area contributed by atoms with Crippen molar-refractivity contribution in [2.75, 3.05) is 19.6 Å². The fourth-order valence-corrected chi connectivity index (χ4v) is 4.86. The number of pyridine rings is 1. The highest BCUT2D eigenvalue weighted by molar-refractivity contribution is 5.74. The molecule has 6 nitrogen and oxygen atoms in total. The van der Waals surface area contributed by atoms with Gasteiger partial charge in [0.15, 0.2) is 11.5 Å². The van der Waals surface area contributed by atoms with Crippen LogP contribution in [-0.2, 0) is 0 Å². The van der Waals surface area contributed by atoms with Crippen LogP contribution in [0.4, 0.5) is 4.39 Å². The van der Waals surface area contributed by atoms with Crippen LogP contribution in [0.25, 0.3) is 28.0 Å². The Bertz CT molecular complexity index is 1340. The average molecular weight is 444 g/mol. The van der Waals surface area contributed by atoms with Crippen LogP contribution in [0.2, 0.25) is 0 Å². The van der Waals surface area contributed by atoms with Crippen molar-refractivity contribution in [2.24, 2.45) is 11.8 Å². The summed E-state index contributed by atoms with van der Waals surface area (Å²) in [6.07, 6.45) is 4.96. The number of phenolic OH excluding ortho intramolecular Hbond substituents is 1. The molecule has 1 aliphatic heterocycles. The number of hydrogen-bond acceptors (Lipinski definition) is 5. The summed E-state index contributed by atoms with van der Waals surface area (Å²) in [7, 11) is 0. The second kappa shape index (κ2) is 7.63. The molecule has 3 aromatic heterocycles. The van der Waals surface area contributed by atoms with E-state index in [-0.39, 0.29) is 5.75 Å². The first kappa shape index (κ1) is 20.3. The summed E-state index contributed by atoms with van der Waals surface area (Å²) >= 11 is 0. The molecule has 0 amide bonds. The van der Waals surface area contributed by atoms with Gasteiger partial charge in [-0.25, -0.2) is 9.37 Å². The summed E-state index contributed by atoms with van der Waals surface area (Å²) < 4.78 is 16.1. The molecule has 7 heteroatoms. The Hall–Kier alpha value is -3.32. The lowest BCUT2D eigenvalue weighted by Crippen LogP contribution is -2.46. The number of imidazole rings is 1. The van der Waals surface area contributed by atoms with Crippen LogP contribution in [0, 0.1) is 24.6 Å². The topological polar surface area (TPSA) is 66.5 Å². The van der Waals surface area contributed by atoms with E-state index in [9.17, 15) is 9.50 Å². The normalized spacial score (nSPS) is 20.8. The van der Waals surface area contributed by atoms with Gasteiger partial charge in [-0.3, -0.25) is 0 Å². The van der Waals surface area contributed by atoms with Gasteiger partial charge in [0.05, 0.1) is 17.1 Å². The Morgan fingerprint density at radius 3 is 2.58 bits per heavy atom. The third-order valence-electron chi connectivity index (χ3n) is 7.06. The second-order valence-corrected chi connectivity index (χ2v) is 9.65. The van der Waals surface area contributed by atoms with Crippen molar-refractivity contribution >= 4 is 5.65 Å². The highest BCUT2D eigenvalue weighted by Gasteiger charge is 2.38. The molecule has 6 rings (SSSR count). The molecule has 1 aliphatic carbocycles. The van der Waals surface area contributed by atoms with Crippen LogP contribution < -0.4 is 0 Å². The monoisotopic (exact) mass is 443 g/mol. The van der Waals surface area contributed by atoms with Crippen molar-refractivity contribution < 1.29 is 9.50 Å². The molecule has 1 N–H and O–H groups in total. The van der Waals surface area contributed by atoms with Crippen LogP contribution >= 0.6 is 0 Å². The van der Waals surface area contributed by atoms with E-state index in [1.807, 2.05) is 31.3 Å². The van der Waals surface area contributed by atoms with E-state index in [4.69, 9.17) is 0 Å². The van der Waals surface area contributed by atoms with E-state index in [0.717, 1.165) is 36.3 Å². The van der Waals surface area contributed by atoms with Crippen LogP contribution in [0.1, 0.15) is 30.7 Å². The number of benzene rings is 1. The molecule has 4 heterocycles. The van der Waals surface area contributed by atoms with E-state index in [0.29, 0.717) is 33.9 Å². The third-order valence-corrected chi connectivity index (χ3v) is 7.06. The summed E-state index contributed by atoms with van der Waals surface area (Å²) in [5, 5.41) is 19.5. The van der Waals surface area contributed by atoms with Crippen molar-refractivity contribution in [2.45, 2.75) is 26.2 Å². The molecular formula is C26H26FN5O. The average Bonchev–Trinajstić information content (AvgIpc) is 3.32. The predicted octanol–water partition coefficient (Wildman–Crippen LogP) is 4.67. The zero-order valence-corrected chi connectivity index (χ0v) is 18.7. The maximum atomic E-state index is 14.5. The van der Waals surface area contributed by atoms with E-state index < -0.39 is 5.82 Å². The van der Waals surface area contributed by atoms with Crippen LogP contribution in [0.15, 0.2) is 48.8 Å². The van der Waals surface area contributed by atoms with E-state index in [2.05, 4.69) is 27.0 Å². The van der Waals surface area contributed by atoms with Crippen LogP contribution in [0.5, 0.6) is 5.75 Å². The molecule has 1 saturated carbocycles. The maximum absolute atomic E-state index is 14.5. The van der Waals surface area contributed by atoms with Gasteiger partial charge in [-0.05, 0) is 61.1 Å². The number of fused-ring (bicyclic) bond motifs is 1. The number of phenols is 1. The number of nitrogens with zero attached hydrogens (tertiary/aromatic N) is 5. The smallest absolute Gasteiger partial charge is 0.173 e. The molecule has 0 spiro atoms. The van der Waals surface area contributed by atoms with Gasteiger partial charge in [0.2, 0.25) is 0 Å². The Morgan fingerprint density at radius 1 is 1.06 bits per heavy atom. The molecule has 168 valence electrons. The molecular weight excluding hydrogens is 417 g/mol. The number of halogens is 1. The number of aromatic nitrogens is 4. The van der Waals surface area contributed by atoms with E-state index in [1.54, 1.807) is 22.7 Å². The standard InChI is InChI=1S/C26H26FN5O/c1-15-7-18(15)11-31-12-20(13-31)23-5-6-24(30-29-23)21-4-3-17(9-25(21)33)19-8-22(27)26-28-16(2)10-32(26)14-19/h3-6,8-10,14-15,18,20,33H,7,11-13H2,1-2H3. The first-order valence-corrected chi connectivity index (χ1v) is 11.5. The molecule has 4 aromatic rings. The van der Waals surface area contributed by atoms with Gasteiger partial charge >= 0.3 is 0 Å². The predicted molar refractivity (Wildman–Crippen MR) is 124 cm³/mol. The Morgan fingerprint density at radius 2 is 1.88 bits per heavy atom. The molecule has 2 fully saturated rings. The number of rotatable bonds is 5. The third kappa shape index (κ3) is 3.76. The zero-order valence-electron chi connectivity index (χ0n) is 18.7. The van der Waals surface area contributed by atoms with Gasteiger partial charge < -0.3 is 14.4 Å². The van der Waals surface area contributed by atoms with E-state index in [1.165, 1.54) is 19.0 Å². The lowest BCUT2D eigenvalue weighted by atomic mass is 9.95. The second-order valence-electron chi connectivity index (χ2n) is 9.65. The fraction of sp³-hybridized carbons (Fsp3) is 0.346. The van der Waals surface area contributed by atoms with Gasteiger partial charge in [-0.2, -0.15) is 10.2 Å². The number of aryl methyl sites for hydroxylation is 1. The molecule has 1 aromatic carbocycles. The Labute approximate surface area is 191 Å². The molecule has 33 heavy (non-hydrogen) atoms. The van der Waals surface area contributed by atoms with Gasteiger partial charge in [-0.15, -0.1) is 0 Å². The van der Waals surface area contributed by atoms with Crippen molar-refractivity contribution in [3.05, 3.63) is 66.0 Å². The first-order valence-electron chi connectivity index (χ1n) is 11.5. The molecule has 2 aliphatic rings. The number of aromatic hydroxyl groups is 1. The summed E-state index contributed by atoms with van der Waals surface area (Å²) in [6, 6.07) is 10.7. The Balaban J connectivity index is 1.19. The largest absolute Gasteiger partial charge is 0.507 e. The molecule has 1 saturated heterocycles. The Kier molecular flexibility index (Phi) is 4.69. The molecule has 2 atom stereocenters. The lowest BCUT2D eigenvalue weighted by molar-refractivity contribution is 0.136.